The van der Waals surface area contributed by atoms with Crippen LogP contribution in [0.15, 0.2) is 6.20 Å². The van der Waals surface area contributed by atoms with Gasteiger partial charge in [0.2, 0.25) is 0 Å². The molecule has 0 saturated heterocycles. The molecule has 7 heteroatoms. The largest absolute Gasteiger partial charge is 0.326 e. The SMILES string of the molecule is CC(C(N)Cc1cn(C)nn1)S(C)(=O)=O. The lowest BCUT2D eigenvalue weighted by Gasteiger charge is -2.16. The minimum atomic E-state index is -3.10. The average Bonchev–Trinajstić information content (AvgIpc) is 2.48. The fourth-order valence-electron chi connectivity index (χ4n) is 1.21. The zero-order valence-electron chi connectivity index (χ0n) is 9.08. The molecule has 86 valence electrons. The molecule has 0 amide bonds. The Kier molecular flexibility index (Phi) is 3.46. The summed E-state index contributed by atoms with van der Waals surface area (Å²) in [6.07, 6.45) is 3.34. The zero-order chi connectivity index (χ0) is 11.6. The summed E-state index contributed by atoms with van der Waals surface area (Å²) in [6, 6.07) is -0.448. The summed E-state index contributed by atoms with van der Waals surface area (Å²) in [6.45, 7) is 1.61. The Morgan fingerprint density at radius 2 is 2.20 bits per heavy atom. The third-order valence-corrected chi connectivity index (χ3v) is 4.07. The third kappa shape index (κ3) is 3.28. The van der Waals surface area contributed by atoms with Crippen molar-refractivity contribution in [2.75, 3.05) is 6.26 Å². The van der Waals surface area contributed by atoms with Crippen molar-refractivity contribution in [2.45, 2.75) is 24.6 Å². The number of rotatable bonds is 4. The van der Waals surface area contributed by atoms with Crippen LogP contribution in [0.25, 0.3) is 0 Å². The lowest BCUT2D eigenvalue weighted by atomic mass is 10.1. The Hall–Kier alpha value is -0.950. The Bertz CT molecular complexity index is 426. The molecule has 2 unspecified atom stereocenters. The van der Waals surface area contributed by atoms with Gasteiger partial charge in [0, 0.05) is 32.0 Å². The Morgan fingerprint density at radius 3 is 2.60 bits per heavy atom. The smallest absolute Gasteiger partial charge is 0.151 e. The van der Waals surface area contributed by atoms with Gasteiger partial charge in [-0.2, -0.15) is 0 Å². The van der Waals surface area contributed by atoms with Crippen LogP contribution < -0.4 is 5.73 Å². The van der Waals surface area contributed by atoms with Crippen LogP contribution in [0.1, 0.15) is 12.6 Å². The van der Waals surface area contributed by atoms with Gasteiger partial charge in [-0.3, -0.25) is 4.68 Å². The molecular formula is C8H16N4O2S. The van der Waals surface area contributed by atoms with E-state index in [4.69, 9.17) is 5.73 Å². The van der Waals surface area contributed by atoms with E-state index >= 15 is 0 Å². The number of sulfone groups is 1. The van der Waals surface area contributed by atoms with E-state index in [2.05, 4.69) is 10.3 Å². The molecule has 15 heavy (non-hydrogen) atoms. The second-order valence-corrected chi connectivity index (χ2v) is 6.19. The lowest BCUT2D eigenvalue weighted by Crippen LogP contribution is -2.39. The van der Waals surface area contributed by atoms with Crippen molar-refractivity contribution in [3.8, 4) is 0 Å². The molecule has 0 bridgehead atoms. The second kappa shape index (κ2) is 4.28. The molecule has 1 rings (SSSR count). The molecule has 0 aromatic carbocycles. The Labute approximate surface area is 89.4 Å². The van der Waals surface area contributed by atoms with Gasteiger partial charge in [0.05, 0.1) is 10.9 Å². The first-order chi connectivity index (χ1) is 6.80. The van der Waals surface area contributed by atoms with Crippen LogP contribution in [0.3, 0.4) is 0 Å². The maximum atomic E-state index is 11.2. The first kappa shape index (κ1) is 12.1. The summed E-state index contributed by atoms with van der Waals surface area (Å²) in [7, 11) is -1.34. The molecule has 0 aliphatic carbocycles. The molecule has 1 aromatic rings. The summed E-state index contributed by atoms with van der Waals surface area (Å²) >= 11 is 0. The first-order valence-electron chi connectivity index (χ1n) is 4.60. The highest BCUT2D eigenvalue weighted by molar-refractivity contribution is 7.91. The molecule has 0 fully saturated rings. The van der Waals surface area contributed by atoms with E-state index in [1.54, 1.807) is 24.9 Å². The molecule has 1 heterocycles. The third-order valence-electron chi connectivity index (χ3n) is 2.37. The normalized spacial score (nSPS) is 16.3. The van der Waals surface area contributed by atoms with Gasteiger partial charge in [-0.15, -0.1) is 5.10 Å². The summed E-state index contributed by atoms with van der Waals surface area (Å²) in [5.41, 5.74) is 6.50. The Balaban J connectivity index is 2.68. The summed E-state index contributed by atoms with van der Waals surface area (Å²) < 4.78 is 24.1. The summed E-state index contributed by atoms with van der Waals surface area (Å²) in [4.78, 5) is 0. The van der Waals surface area contributed by atoms with Crippen molar-refractivity contribution in [2.24, 2.45) is 12.8 Å². The fraction of sp³-hybridized carbons (Fsp3) is 0.750. The molecule has 0 radical (unpaired) electrons. The molecule has 6 nitrogen and oxygen atoms in total. The van der Waals surface area contributed by atoms with Gasteiger partial charge in [-0.25, -0.2) is 8.42 Å². The molecule has 0 spiro atoms. The molecule has 0 saturated carbocycles. The van der Waals surface area contributed by atoms with Gasteiger partial charge in [0.15, 0.2) is 9.84 Å². The lowest BCUT2D eigenvalue weighted by molar-refractivity contribution is 0.559. The van der Waals surface area contributed by atoms with E-state index < -0.39 is 21.1 Å². The van der Waals surface area contributed by atoms with Gasteiger partial charge >= 0.3 is 0 Å². The van der Waals surface area contributed by atoms with Crippen LogP contribution in [0.5, 0.6) is 0 Å². The van der Waals surface area contributed by atoms with Crippen LogP contribution in [0.4, 0.5) is 0 Å². The maximum absolute atomic E-state index is 11.2. The number of aromatic nitrogens is 3. The van der Waals surface area contributed by atoms with E-state index in [9.17, 15) is 8.42 Å². The van der Waals surface area contributed by atoms with Crippen molar-refractivity contribution < 1.29 is 8.42 Å². The van der Waals surface area contributed by atoms with Crippen LogP contribution in [-0.4, -0.2) is 41.0 Å². The number of aryl methyl sites for hydroxylation is 1. The standard InChI is InChI=1S/C8H16N4O2S/c1-6(15(3,13)14)8(9)4-7-5-12(2)11-10-7/h5-6,8H,4,9H2,1-3H3. The van der Waals surface area contributed by atoms with Crippen molar-refractivity contribution in [1.29, 1.82) is 0 Å². The highest BCUT2D eigenvalue weighted by Crippen LogP contribution is 2.07. The van der Waals surface area contributed by atoms with E-state index in [-0.39, 0.29) is 0 Å². The summed E-state index contributed by atoms with van der Waals surface area (Å²) in [5.74, 6) is 0. The van der Waals surface area contributed by atoms with Gasteiger partial charge < -0.3 is 5.73 Å². The maximum Gasteiger partial charge on any atom is 0.151 e. The quantitative estimate of drug-likeness (QED) is 0.727. The van der Waals surface area contributed by atoms with Crippen molar-refractivity contribution in [1.82, 2.24) is 15.0 Å². The number of hydrogen-bond donors (Lipinski definition) is 1. The van der Waals surface area contributed by atoms with Crippen molar-refractivity contribution in [3.05, 3.63) is 11.9 Å². The van der Waals surface area contributed by atoms with Gasteiger partial charge in [-0.05, 0) is 6.92 Å². The molecule has 2 atom stereocenters. The highest BCUT2D eigenvalue weighted by atomic mass is 32.2. The summed E-state index contributed by atoms with van der Waals surface area (Å²) in [5, 5.41) is 7.04. The van der Waals surface area contributed by atoms with Crippen molar-refractivity contribution >= 4 is 9.84 Å². The molecule has 0 aliphatic rings. The topological polar surface area (TPSA) is 90.9 Å². The van der Waals surface area contributed by atoms with E-state index in [0.29, 0.717) is 12.1 Å². The molecule has 0 aliphatic heterocycles. The van der Waals surface area contributed by atoms with Crippen LogP contribution in [-0.2, 0) is 23.3 Å². The van der Waals surface area contributed by atoms with E-state index in [1.165, 1.54) is 6.26 Å². The van der Waals surface area contributed by atoms with Crippen LogP contribution in [0, 0.1) is 0 Å². The minimum absolute atomic E-state index is 0.419. The van der Waals surface area contributed by atoms with E-state index in [0.717, 1.165) is 0 Å². The zero-order valence-corrected chi connectivity index (χ0v) is 9.90. The predicted octanol–water partition coefficient (Wildman–Crippen LogP) is -0.882. The van der Waals surface area contributed by atoms with Gasteiger partial charge in [0.1, 0.15) is 0 Å². The highest BCUT2D eigenvalue weighted by Gasteiger charge is 2.23. The van der Waals surface area contributed by atoms with Gasteiger partial charge in [-0.1, -0.05) is 5.21 Å². The first-order valence-corrected chi connectivity index (χ1v) is 6.56. The Morgan fingerprint density at radius 1 is 1.60 bits per heavy atom. The minimum Gasteiger partial charge on any atom is -0.326 e. The molecule has 1 aromatic heterocycles. The van der Waals surface area contributed by atoms with Crippen molar-refractivity contribution in [3.63, 3.8) is 0 Å². The molecular weight excluding hydrogens is 216 g/mol. The van der Waals surface area contributed by atoms with E-state index in [1.807, 2.05) is 0 Å². The predicted molar refractivity (Wildman–Crippen MR) is 57.0 cm³/mol. The fourth-order valence-corrected chi connectivity index (χ4v) is 1.95. The van der Waals surface area contributed by atoms with Crippen LogP contribution >= 0.6 is 0 Å². The number of nitrogens with two attached hydrogens (primary N) is 1. The monoisotopic (exact) mass is 232 g/mol. The molecule has 2 N–H and O–H groups in total. The number of hydrogen-bond acceptors (Lipinski definition) is 5. The van der Waals surface area contributed by atoms with Crippen LogP contribution in [0.2, 0.25) is 0 Å². The number of nitrogens with zero attached hydrogens (tertiary/aromatic N) is 3. The average molecular weight is 232 g/mol. The second-order valence-electron chi connectivity index (χ2n) is 3.79. The van der Waals surface area contributed by atoms with Gasteiger partial charge in [0.25, 0.3) is 0 Å².